The fraction of sp³-hybridized carbons (Fsp3) is 0.400. The molecule has 0 amide bonds. The maximum absolute atomic E-state index is 10.7. The first kappa shape index (κ1) is 12.3. The Bertz CT molecular complexity index is 380. The minimum atomic E-state index is -0.441. The quantitative estimate of drug-likeness (QED) is 0.612. The van der Waals surface area contributed by atoms with E-state index < -0.39 is 4.92 Å². The smallest absolute Gasteiger partial charge is 0.275 e. The van der Waals surface area contributed by atoms with Gasteiger partial charge in [0.1, 0.15) is 5.75 Å². The number of nitro groups is 1. The second-order valence-electron chi connectivity index (χ2n) is 3.41. The molecule has 0 fully saturated rings. The molecule has 0 aromatic heterocycles. The van der Waals surface area contributed by atoms with Crippen LogP contribution in [0.15, 0.2) is 18.2 Å². The van der Waals surface area contributed by atoms with Gasteiger partial charge in [0.05, 0.1) is 23.3 Å². The van der Waals surface area contributed by atoms with Gasteiger partial charge < -0.3 is 10.2 Å². The fourth-order valence-electron chi connectivity index (χ4n) is 1.26. The summed E-state index contributed by atoms with van der Waals surface area (Å²) >= 11 is 0. The lowest BCUT2D eigenvalue weighted by Gasteiger charge is -2.14. The molecule has 0 saturated carbocycles. The highest BCUT2D eigenvalue weighted by atomic mass is 16.6. The van der Waals surface area contributed by atoms with Gasteiger partial charge in [-0.25, -0.2) is 5.01 Å². The van der Waals surface area contributed by atoms with Crippen LogP contribution in [-0.2, 0) is 0 Å². The molecule has 1 rings (SSSR count). The Labute approximate surface area is 93.9 Å². The van der Waals surface area contributed by atoms with E-state index in [4.69, 9.17) is 4.74 Å². The van der Waals surface area contributed by atoms with Crippen molar-refractivity contribution in [3.8, 4) is 5.75 Å². The largest absolute Gasteiger partial charge is 0.494 e. The molecule has 0 heterocycles. The molecule has 0 aliphatic heterocycles. The van der Waals surface area contributed by atoms with Gasteiger partial charge in [0, 0.05) is 26.2 Å². The topological polar surface area (TPSA) is 67.6 Å². The maximum Gasteiger partial charge on any atom is 0.275 e. The second kappa shape index (κ2) is 5.32. The van der Waals surface area contributed by atoms with Crippen LogP contribution in [0.25, 0.3) is 0 Å². The molecule has 0 unspecified atom stereocenters. The number of non-ortho nitro benzene ring substituents is 1. The molecule has 0 bridgehead atoms. The molecule has 0 radical (unpaired) electrons. The lowest BCUT2D eigenvalue weighted by atomic mass is 10.2. The van der Waals surface area contributed by atoms with Gasteiger partial charge in [0.15, 0.2) is 0 Å². The Balaban J connectivity index is 3.03. The molecule has 0 aliphatic rings. The zero-order valence-electron chi connectivity index (χ0n) is 9.56. The number of nitrogens with one attached hydrogen (secondary N) is 1. The summed E-state index contributed by atoms with van der Waals surface area (Å²) in [5.41, 5.74) is 3.58. The molecule has 6 heteroatoms. The van der Waals surface area contributed by atoms with Crippen LogP contribution in [0.1, 0.15) is 6.92 Å². The molecular weight excluding hydrogens is 210 g/mol. The normalized spacial score (nSPS) is 10.2. The molecule has 88 valence electrons. The molecule has 0 spiro atoms. The standard InChI is InChI=1S/C10H15N3O3/c1-4-16-10-6-8(11-12(2)3)5-9(7-10)13(14)15/h5-7,11H,4H2,1-3H3. The van der Waals surface area contributed by atoms with Crippen molar-refractivity contribution >= 4 is 11.4 Å². The van der Waals surface area contributed by atoms with Crippen LogP contribution in [0.2, 0.25) is 0 Å². The van der Waals surface area contributed by atoms with Crippen LogP contribution in [0.4, 0.5) is 11.4 Å². The van der Waals surface area contributed by atoms with E-state index in [2.05, 4.69) is 5.43 Å². The molecule has 6 nitrogen and oxygen atoms in total. The van der Waals surface area contributed by atoms with E-state index in [-0.39, 0.29) is 5.69 Å². The Morgan fingerprint density at radius 2 is 2.12 bits per heavy atom. The third-order valence-electron chi connectivity index (χ3n) is 1.77. The van der Waals surface area contributed by atoms with Crippen LogP contribution in [-0.4, -0.2) is 30.6 Å². The lowest BCUT2D eigenvalue weighted by Crippen LogP contribution is -2.19. The summed E-state index contributed by atoms with van der Waals surface area (Å²) in [4.78, 5) is 10.3. The fourth-order valence-corrected chi connectivity index (χ4v) is 1.26. The summed E-state index contributed by atoms with van der Waals surface area (Å²) in [6.45, 7) is 2.31. The van der Waals surface area contributed by atoms with Crippen LogP contribution in [0, 0.1) is 10.1 Å². The first-order valence-electron chi connectivity index (χ1n) is 4.89. The number of rotatable bonds is 5. The van der Waals surface area contributed by atoms with E-state index in [1.165, 1.54) is 12.1 Å². The van der Waals surface area contributed by atoms with E-state index in [0.717, 1.165) is 0 Å². The summed E-state index contributed by atoms with van der Waals surface area (Å²) in [6.07, 6.45) is 0. The first-order chi connectivity index (χ1) is 7.52. The van der Waals surface area contributed by atoms with Crippen molar-refractivity contribution in [2.45, 2.75) is 6.92 Å². The molecular formula is C10H15N3O3. The third kappa shape index (κ3) is 3.39. The summed E-state index contributed by atoms with van der Waals surface area (Å²) < 4.78 is 5.26. The van der Waals surface area contributed by atoms with E-state index in [0.29, 0.717) is 18.0 Å². The monoisotopic (exact) mass is 225 g/mol. The molecule has 1 aromatic carbocycles. The molecule has 16 heavy (non-hydrogen) atoms. The van der Waals surface area contributed by atoms with Crippen LogP contribution >= 0.6 is 0 Å². The summed E-state index contributed by atoms with van der Waals surface area (Å²) in [5.74, 6) is 0.487. The number of anilines is 1. The Morgan fingerprint density at radius 3 is 2.62 bits per heavy atom. The highest BCUT2D eigenvalue weighted by Crippen LogP contribution is 2.26. The van der Waals surface area contributed by atoms with E-state index >= 15 is 0 Å². The van der Waals surface area contributed by atoms with Gasteiger partial charge in [-0.1, -0.05) is 0 Å². The number of hydrazine groups is 1. The minimum Gasteiger partial charge on any atom is -0.494 e. The number of nitrogens with zero attached hydrogens (tertiary/aromatic N) is 2. The zero-order valence-corrected chi connectivity index (χ0v) is 9.56. The van der Waals surface area contributed by atoms with Crippen LogP contribution < -0.4 is 10.2 Å². The number of nitro benzene ring substituents is 1. The van der Waals surface area contributed by atoms with Crippen molar-refractivity contribution in [2.24, 2.45) is 0 Å². The zero-order chi connectivity index (χ0) is 12.1. The van der Waals surface area contributed by atoms with E-state index in [1.807, 2.05) is 6.92 Å². The summed E-state index contributed by atoms with van der Waals surface area (Å²) in [5, 5.41) is 12.4. The Morgan fingerprint density at radius 1 is 1.44 bits per heavy atom. The van der Waals surface area contributed by atoms with Crippen molar-refractivity contribution in [1.82, 2.24) is 5.01 Å². The predicted molar refractivity (Wildman–Crippen MR) is 61.6 cm³/mol. The van der Waals surface area contributed by atoms with Crippen molar-refractivity contribution < 1.29 is 9.66 Å². The van der Waals surface area contributed by atoms with E-state index in [1.54, 1.807) is 25.2 Å². The van der Waals surface area contributed by atoms with Crippen molar-refractivity contribution in [2.75, 3.05) is 26.1 Å². The minimum absolute atomic E-state index is 0.00954. The SMILES string of the molecule is CCOc1cc(NN(C)C)cc([N+](=O)[O-])c1. The lowest BCUT2D eigenvalue weighted by molar-refractivity contribution is -0.384. The number of ether oxygens (including phenoxy) is 1. The third-order valence-corrected chi connectivity index (χ3v) is 1.77. The van der Waals surface area contributed by atoms with E-state index in [9.17, 15) is 10.1 Å². The molecule has 0 atom stereocenters. The Kier molecular flexibility index (Phi) is 4.07. The molecule has 1 N–H and O–H groups in total. The summed E-state index contributed by atoms with van der Waals surface area (Å²) in [6, 6.07) is 4.59. The average Bonchev–Trinajstić information content (AvgIpc) is 2.16. The highest BCUT2D eigenvalue weighted by Gasteiger charge is 2.10. The van der Waals surface area contributed by atoms with Crippen molar-refractivity contribution in [3.63, 3.8) is 0 Å². The maximum atomic E-state index is 10.7. The van der Waals surface area contributed by atoms with Gasteiger partial charge in [0.25, 0.3) is 5.69 Å². The van der Waals surface area contributed by atoms with Crippen molar-refractivity contribution in [1.29, 1.82) is 0 Å². The summed E-state index contributed by atoms with van der Waals surface area (Å²) in [7, 11) is 3.61. The number of benzene rings is 1. The first-order valence-corrected chi connectivity index (χ1v) is 4.89. The van der Waals surface area contributed by atoms with Gasteiger partial charge in [-0.3, -0.25) is 10.1 Å². The second-order valence-corrected chi connectivity index (χ2v) is 3.41. The predicted octanol–water partition coefficient (Wildman–Crippen LogP) is 1.88. The number of hydrogen-bond donors (Lipinski definition) is 1. The van der Waals surface area contributed by atoms with Crippen LogP contribution in [0.3, 0.4) is 0 Å². The van der Waals surface area contributed by atoms with Gasteiger partial charge in [-0.2, -0.15) is 0 Å². The van der Waals surface area contributed by atoms with Gasteiger partial charge >= 0.3 is 0 Å². The number of hydrogen-bond acceptors (Lipinski definition) is 5. The molecule has 0 saturated heterocycles. The Hall–Kier alpha value is -1.82. The van der Waals surface area contributed by atoms with Crippen LogP contribution in [0.5, 0.6) is 5.75 Å². The highest BCUT2D eigenvalue weighted by molar-refractivity contribution is 5.55. The molecule has 0 aliphatic carbocycles. The van der Waals surface area contributed by atoms with Gasteiger partial charge in [0.2, 0.25) is 0 Å². The van der Waals surface area contributed by atoms with Crippen molar-refractivity contribution in [3.05, 3.63) is 28.3 Å². The molecule has 1 aromatic rings. The average molecular weight is 225 g/mol. The van der Waals surface area contributed by atoms with Gasteiger partial charge in [-0.15, -0.1) is 0 Å². The van der Waals surface area contributed by atoms with Gasteiger partial charge in [-0.05, 0) is 6.92 Å².